The Bertz CT molecular complexity index is 1580. The van der Waals surface area contributed by atoms with Gasteiger partial charge in [-0.05, 0) is 48.6 Å². The van der Waals surface area contributed by atoms with Crippen LogP contribution in [0.15, 0.2) is 55.0 Å². The summed E-state index contributed by atoms with van der Waals surface area (Å²) in [5.74, 6) is 1.87. The lowest BCUT2D eigenvalue weighted by molar-refractivity contribution is 0.421. The predicted octanol–water partition coefficient (Wildman–Crippen LogP) is 5.05. The fourth-order valence-corrected chi connectivity index (χ4v) is 5.39. The highest BCUT2D eigenvalue weighted by atomic mass is 19.1. The van der Waals surface area contributed by atoms with E-state index < -0.39 is 0 Å². The molecule has 8 heteroatoms. The molecule has 0 unspecified atom stereocenters. The van der Waals surface area contributed by atoms with Gasteiger partial charge in [-0.25, -0.2) is 19.3 Å². The SMILES string of the molecule is Fc1ccccc1-c1cc2c(-c3nc(N4CCNCC4)c4c(C5CCC5)cncc4n3)ccnc2[nH]1. The lowest BCUT2D eigenvalue weighted by Crippen LogP contribution is -2.44. The summed E-state index contributed by atoms with van der Waals surface area (Å²) in [6.07, 6.45) is 9.26. The molecule has 1 aliphatic heterocycles. The van der Waals surface area contributed by atoms with Gasteiger partial charge in [0.25, 0.3) is 0 Å². The Balaban J connectivity index is 1.43. The Morgan fingerprint density at radius 1 is 0.972 bits per heavy atom. The number of halogens is 1. The molecule has 36 heavy (non-hydrogen) atoms. The van der Waals surface area contributed by atoms with Crippen LogP contribution < -0.4 is 10.2 Å². The molecule has 5 heterocycles. The van der Waals surface area contributed by atoms with E-state index >= 15 is 0 Å². The van der Waals surface area contributed by atoms with E-state index in [9.17, 15) is 4.39 Å². The van der Waals surface area contributed by atoms with Crippen molar-refractivity contribution in [3.63, 3.8) is 0 Å². The number of piperazine rings is 1. The largest absolute Gasteiger partial charge is 0.353 e. The van der Waals surface area contributed by atoms with Gasteiger partial charge in [-0.1, -0.05) is 18.6 Å². The van der Waals surface area contributed by atoms with Crippen molar-refractivity contribution in [2.75, 3.05) is 31.1 Å². The molecule has 2 fully saturated rings. The maximum absolute atomic E-state index is 14.5. The molecule has 7 rings (SSSR count). The second-order valence-corrected chi connectivity index (χ2v) is 9.64. The van der Waals surface area contributed by atoms with Crippen molar-refractivity contribution in [2.45, 2.75) is 25.2 Å². The average Bonchev–Trinajstić information content (AvgIpc) is 3.32. The van der Waals surface area contributed by atoms with E-state index in [1.165, 1.54) is 30.9 Å². The predicted molar refractivity (Wildman–Crippen MR) is 139 cm³/mol. The van der Waals surface area contributed by atoms with Crippen molar-refractivity contribution in [2.24, 2.45) is 0 Å². The van der Waals surface area contributed by atoms with Gasteiger partial charge in [0.15, 0.2) is 5.82 Å². The molecule has 1 aromatic carbocycles. The van der Waals surface area contributed by atoms with Gasteiger partial charge in [0, 0.05) is 60.5 Å². The Morgan fingerprint density at radius 2 is 1.83 bits per heavy atom. The first kappa shape index (κ1) is 21.4. The van der Waals surface area contributed by atoms with Crippen LogP contribution in [-0.2, 0) is 0 Å². The first-order chi connectivity index (χ1) is 17.8. The summed E-state index contributed by atoms with van der Waals surface area (Å²) >= 11 is 0. The summed E-state index contributed by atoms with van der Waals surface area (Å²) in [5, 5.41) is 5.44. The Kier molecular flexibility index (Phi) is 5.13. The van der Waals surface area contributed by atoms with Crippen molar-refractivity contribution >= 4 is 27.8 Å². The number of fused-ring (bicyclic) bond motifs is 2. The van der Waals surface area contributed by atoms with E-state index in [2.05, 4.69) is 25.2 Å². The van der Waals surface area contributed by atoms with Crippen molar-refractivity contribution in [3.05, 3.63) is 66.4 Å². The van der Waals surface area contributed by atoms with Crippen molar-refractivity contribution in [3.8, 4) is 22.6 Å². The summed E-state index contributed by atoms with van der Waals surface area (Å²) in [7, 11) is 0. The quantitative estimate of drug-likeness (QED) is 0.375. The van der Waals surface area contributed by atoms with Crippen LogP contribution in [0.3, 0.4) is 0 Å². The number of aromatic amines is 1. The molecule has 2 N–H and O–H groups in total. The van der Waals surface area contributed by atoms with Gasteiger partial charge in [-0.15, -0.1) is 0 Å². The molecule has 7 nitrogen and oxygen atoms in total. The molecule has 4 aromatic heterocycles. The van der Waals surface area contributed by atoms with Gasteiger partial charge < -0.3 is 15.2 Å². The fourth-order valence-electron chi connectivity index (χ4n) is 5.39. The number of benzene rings is 1. The molecule has 1 saturated carbocycles. The third-order valence-corrected chi connectivity index (χ3v) is 7.52. The lowest BCUT2D eigenvalue weighted by atomic mass is 9.79. The van der Waals surface area contributed by atoms with E-state index in [4.69, 9.17) is 9.97 Å². The maximum Gasteiger partial charge on any atom is 0.163 e. The van der Waals surface area contributed by atoms with Crippen LogP contribution in [0.1, 0.15) is 30.7 Å². The van der Waals surface area contributed by atoms with Gasteiger partial charge in [-0.2, -0.15) is 0 Å². The molecule has 1 saturated heterocycles. The summed E-state index contributed by atoms with van der Waals surface area (Å²) in [4.78, 5) is 24.9. The minimum Gasteiger partial charge on any atom is -0.353 e. The number of H-pyrrole nitrogens is 1. The van der Waals surface area contributed by atoms with Crippen LogP contribution in [0.25, 0.3) is 44.6 Å². The molecule has 180 valence electrons. The first-order valence-electron chi connectivity index (χ1n) is 12.6. The van der Waals surface area contributed by atoms with Crippen molar-refractivity contribution < 1.29 is 4.39 Å². The number of aromatic nitrogens is 5. The topological polar surface area (TPSA) is 82.6 Å². The molecule has 5 aromatic rings. The first-order valence-corrected chi connectivity index (χ1v) is 12.6. The highest BCUT2D eigenvalue weighted by molar-refractivity contribution is 5.98. The second kappa shape index (κ2) is 8.64. The van der Waals surface area contributed by atoms with Gasteiger partial charge in [-0.3, -0.25) is 4.98 Å². The average molecular weight is 480 g/mol. The Labute approximate surface area is 207 Å². The third kappa shape index (κ3) is 3.52. The smallest absolute Gasteiger partial charge is 0.163 e. The van der Waals surface area contributed by atoms with Gasteiger partial charge in [0.1, 0.15) is 17.3 Å². The summed E-state index contributed by atoms with van der Waals surface area (Å²) in [6.45, 7) is 3.64. The Morgan fingerprint density at radius 3 is 2.64 bits per heavy atom. The molecule has 0 spiro atoms. The Hall–Kier alpha value is -3.91. The molecule has 0 radical (unpaired) electrons. The molecule has 2 aliphatic rings. The summed E-state index contributed by atoms with van der Waals surface area (Å²) in [6, 6.07) is 10.6. The van der Waals surface area contributed by atoms with E-state index in [1.807, 2.05) is 30.6 Å². The van der Waals surface area contributed by atoms with Crippen LogP contribution in [0, 0.1) is 5.82 Å². The van der Waals surface area contributed by atoms with Crippen molar-refractivity contribution in [1.82, 2.24) is 30.2 Å². The number of nitrogens with zero attached hydrogens (tertiary/aromatic N) is 5. The van der Waals surface area contributed by atoms with Crippen LogP contribution >= 0.6 is 0 Å². The molecule has 0 bridgehead atoms. The van der Waals surface area contributed by atoms with Crippen LogP contribution in [-0.4, -0.2) is 51.1 Å². The number of hydrogen-bond donors (Lipinski definition) is 2. The molecular weight excluding hydrogens is 453 g/mol. The number of pyridine rings is 2. The number of nitrogens with one attached hydrogen (secondary N) is 2. The fraction of sp³-hybridized carbons (Fsp3) is 0.286. The van der Waals surface area contributed by atoms with E-state index in [1.54, 1.807) is 18.3 Å². The zero-order valence-electron chi connectivity index (χ0n) is 19.8. The zero-order chi connectivity index (χ0) is 24.1. The van der Waals surface area contributed by atoms with E-state index in [0.29, 0.717) is 28.6 Å². The van der Waals surface area contributed by atoms with Gasteiger partial charge in [0.2, 0.25) is 0 Å². The number of hydrogen-bond acceptors (Lipinski definition) is 6. The monoisotopic (exact) mass is 479 g/mol. The van der Waals surface area contributed by atoms with Gasteiger partial charge in [0.05, 0.1) is 17.4 Å². The van der Waals surface area contributed by atoms with Crippen LogP contribution in [0.4, 0.5) is 10.2 Å². The van der Waals surface area contributed by atoms with Crippen molar-refractivity contribution in [1.29, 1.82) is 0 Å². The molecule has 0 amide bonds. The zero-order valence-corrected chi connectivity index (χ0v) is 19.8. The number of anilines is 1. The maximum atomic E-state index is 14.5. The number of rotatable bonds is 4. The summed E-state index contributed by atoms with van der Waals surface area (Å²) in [5.41, 5.74) is 4.87. The minimum absolute atomic E-state index is 0.275. The molecule has 1 aliphatic carbocycles. The lowest BCUT2D eigenvalue weighted by Gasteiger charge is -2.32. The van der Waals surface area contributed by atoms with E-state index in [-0.39, 0.29) is 5.82 Å². The van der Waals surface area contributed by atoms with Crippen LogP contribution in [0.5, 0.6) is 0 Å². The standard InChI is InChI=1S/C28H26FN7/c29-22-7-2-1-6-19(22)23-14-20-18(8-9-32-26(20)33-23)27-34-24-16-31-15-21(17-4-3-5-17)25(24)28(35-27)36-12-10-30-11-13-36/h1-2,6-9,14-17,30H,3-5,10-13H2,(H,32,33). The van der Waals surface area contributed by atoms with Gasteiger partial charge >= 0.3 is 0 Å². The van der Waals surface area contributed by atoms with E-state index in [0.717, 1.165) is 53.8 Å². The highest BCUT2D eigenvalue weighted by Crippen LogP contribution is 2.42. The second-order valence-electron chi connectivity index (χ2n) is 9.64. The third-order valence-electron chi connectivity index (χ3n) is 7.52. The molecular formula is C28H26FN7. The summed E-state index contributed by atoms with van der Waals surface area (Å²) < 4.78 is 14.5. The minimum atomic E-state index is -0.275. The highest BCUT2D eigenvalue weighted by Gasteiger charge is 2.27. The van der Waals surface area contributed by atoms with Crippen LogP contribution in [0.2, 0.25) is 0 Å². The molecule has 0 atom stereocenters. The normalized spacial score (nSPS) is 16.5.